The van der Waals surface area contributed by atoms with Gasteiger partial charge in [-0.1, -0.05) is 54.6 Å². The van der Waals surface area contributed by atoms with E-state index in [2.05, 4.69) is 15.4 Å². The lowest BCUT2D eigenvalue weighted by molar-refractivity contribution is -0.133. The maximum atomic E-state index is 12.7. The molecule has 2 heterocycles. The number of benzene rings is 2. The molecule has 166 valence electrons. The minimum absolute atomic E-state index is 0.0421. The molecule has 0 unspecified atom stereocenters. The Morgan fingerprint density at radius 3 is 2.41 bits per heavy atom. The number of carbonyl (C=O) groups excluding carboxylic acids is 1. The van der Waals surface area contributed by atoms with Gasteiger partial charge in [0, 0.05) is 37.2 Å². The first-order valence-electron chi connectivity index (χ1n) is 10.3. The molecule has 9 nitrogen and oxygen atoms in total. The molecule has 1 aliphatic heterocycles. The first-order valence-corrected chi connectivity index (χ1v) is 11.8. The summed E-state index contributed by atoms with van der Waals surface area (Å²) in [5, 5.41) is 13.6. The van der Waals surface area contributed by atoms with Crippen LogP contribution in [0.15, 0.2) is 60.0 Å². The smallest absolute Gasteiger partial charge is 0.246 e. The van der Waals surface area contributed by atoms with E-state index in [4.69, 9.17) is 0 Å². The van der Waals surface area contributed by atoms with E-state index in [1.54, 1.807) is 11.0 Å². The first kappa shape index (κ1) is 21.8. The summed E-state index contributed by atoms with van der Waals surface area (Å²) in [6, 6.07) is 17.0. The molecule has 1 fully saturated rings. The zero-order valence-electron chi connectivity index (χ0n) is 17.7. The third kappa shape index (κ3) is 5.09. The van der Waals surface area contributed by atoms with Crippen molar-refractivity contribution < 1.29 is 13.2 Å². The lowest BCUT2D eigenvalue weighted by Gasteiger charge is -2.33. The van der Waals surface area contributed by atoms with E-state index < -0.39 is 10.0 Å². The number of aryl methyl sites for hydroxylation is 1. The Bertz CT molecular complexity index is 1220. The maximum Gasteiger partial charge on any atom is 0.246 e. The van der Waals surface area contributed by atoms with Crippen molar-refractivity contribution in [2.45, 2.75) is 13.5 Å². The molecular formula is C22H24N6O3S. The molecule has 0 N–H and O–H groups in total. The largest absolute Gasteiger partial charge is 0.338 e. The van der Waals surface area contributed by atoms with Crippen LogP contribution in [0.1, 0.15) is 11.1 Å². The van der Waals surface area contributed by atoms with Crippen LogP contribution in [-0.2, 0) is 21.4 Å². The molecule has 3 aromatic rings. The van der Waals surface area contributed by atoms with Crippen LogP contribution >= 0.6 is 0 Å². The van der Waals surface area contributed by atoms with Gasteiger partial charge in [-0.2, -0.15) is 9.10 Å². The second kappa shape index (κ2) is 9.41. The van der Waals surface area contributed by atoms with Crippen LogP contribution in [0.25, 0.3) is 17.5 Å². The van der Waals surface area contributed by atoms with Crippen molar-refractivity contribution in [3.05, 3.63) is 71.1 Å². The SMILES string of the molecule is Cc1ccccc1-c1nnn(CC(=O)N2CCN(S(=O)(=O)/C=C/c3ccccc3)CC2)n1. The van der Waals surface area contributed by atoms with Crippen molar-refractivity contribution in [2.75, 3.05) is 26.2 Å². The quantitative estimate of drug-likeness (QED) is 0.565. The predicted molar refractivity (Wildman–Crippen MR) is 121 cm³/mol. The highest BCUT2D eigenvalue weighted by Gasteiger charge is 2.27. The van der Waals surface area contributed by atoms with E-state index in [0.29, 0.717) is 18.9 Å². The molecule has 0 atom stereocenters. The van der Waals surface area contributed by atoms with Gasteiger partial charge in [-0.05, 0) is 29.3 Å². The van der Waals surface area contributed by atoms with Crippen LogP contribution in [0.2, 0.25) is 0 Å². The summed E-state index contributed by atoms with van der Waals surface area (Å²) >= 11 is 0. The molecule has 10 heteroatoms. The lowest BCUT2D eigenvalue weighted by atomic mass is 10.1. The fourth-order valence-corrected chi connectivity index (χ4v) is 4.64. The van der Waals surface area contributed by atoms with E-state index in [1.807, 2.05) is 61.5 Å². The van der Waals surface area contributed by atoms with Crippen molar-refractivity contribution in [3.63, 3.8) is 0 Å². The number of hydrogen-bond acceptors (Lipinski definition) is 6. The van der Waals surface area contributed by atoms with Crippen LogP contribution in [0, 0.1) is 6.92 Å². The van der Waals surface area contributed by atoms with E-state index in [9.17, 15) is 13.2 Å². The summed E-state index contributed by atoms with van der Waals surface area (Å²) in [5.74, 6) is 0.299. The normalized spacial score (nSPS) is 15.3. The number of tetrazole rings is 1. The zero-order valence-corrected chi connectivity index (χ0v) is 18.5. The first-order chi connectivity index (χ1) is 15.4. The van der Waals surface area contributed by atoms with Crippen molar-refractivity contribution in [1.82, 2.24) is 29.4 Å². The Morgan fingerprint density at radius 2 is 1.69 bits per heavy atom. The Hall–Kier alpha value is -3.37. The molecular weight excluding hydrogens is 428 g/mol. The number of amides is 1. The zero-order chi connectivity index (χ0) is 22.6. The Kier molecular flexibility index (Phi) is 6.42. The van der Waals surface area contributed by atoms with Crippen molar-refractivity contribution in [2.24, 2.45) is 0 Å². The second-order valence-corrected chi connectivity index (χ2v) is 9.32. The number of hydrogen-bond donors (Lipinski definition) is 0. The van der Waals surface area contributed by atoms with Crippen LogP contribution in [0.3, 0.4) is 0 Å². The van der Waals surface area contributed by atoms with E-state index in [0.717, 1.165) is 16.7 Å². The minimum atomic E-state index is -3.55. The van der Waals surface area contributed by atoms with Crippen molar-refractivity contribution in [1.29, 1.82) is 0 Å². The van der Waals surface area contributed by atoms with Gasteiger partial charge >= 0.3 is 0 Å². The molecule has 0 saturated carbocycles. The predicted octanol–water partition coefficient (Wildman–Crippen LogP) is 1.79. The van der Waals surface area contributed by atoms with Gasteiger partial charge in [-0.3, -0.25) is 4.79 Å². The molecule has 0 radical (unpaired) electrons. The highest BCUT2D eigenvalue weighted by molar-refractivity contribution is 7.92. The number of nitrogens with zero attached hydrogens (tertiary/aromatic N) is 6. The van der Waals surface area contributed by atoms with Gasteiger partial charge in [-0.25, -0.2) is 8.42 Å². The van der Waals surface area contributed by atoms with E-state index in [1.165, 1.54) is 14.5 Å². The van der Waals surface area contributed by atoms with Gasteiger partial charge < -0.3 is 4.90 Å². The number of rotatable bonds is 6. The van der Waals surface area contributed by atoms with Crippen molar-refractivity contribution in [3.8, 4) is 11.4 Å². The molecule has 1 aliphatic rings. The Balaban J connectivity index is 1.33. The third-order valence-corrected chi connectivity index (χ3v) is 6.86. The summed E-state index contributed by atoms with van der Waals surface area (Å²) in [4.78, 5) is 15.6. The highest BCUT2D eigenvalue weighted by Crippen LogP contribution is 2.18. The molecule has 2 aromatic carbocycles. The molecule has 32 heavy (non-hydrogen) atoms. The van der Waals surface area contributed by atoms with E-state index in [-0.39, 0.29) is 25.5 Å². The van der Waals surface area contributed by atoms with Gasteiger partial charge in [-0.15, -0.1) is 10.2 Å². The highest BCUT2D eigenvalue weighted by atomic mass is 32.2. The topological polar surface area (TPSA) is 101 Å². The average Bonchev–Trinajstić information content (AvgIpc) is 3.27. The molecule has 1 amide bonds. The molecule has 0 aliphatic carbocycles. The molecule has 1 aromatic heterocycles. The van der Waals surface area contributed by atoms with Gasteiger partial charge in [0.05, 0.1) is 0 Å². The van der Waals surface area contributed by atoms with Crippen LogP contribution in [0.5, 0.6) is 0 Å². The standard InChI is InChI=1S/C22H24N6O3S/c1-18-7-5-6-10-20(18)22-23-25-28(24-22)17-21(29)26-12-14-27(15-13-26)32(30,31)16-11-19-8-3-2-4-9-19/h2-11,16H,12-15,17H2,1H3/b16-11+. The van der Waals surface area contributed by atoms with Gasteiger partial charge in [0.25, 0.3) is 0 Å². The van der Waals surface area contributed by atoms with Gasteiger partial charge in [0.15, 0.2) is 0 Å². The van der Waals surface area contributed by atoms with Crippen LogP contribution in [0.4, 0.5) is 0 Å². The number of carbonyl (C=O) groups is 1. The van der Waals surface area contributed by atoms with Crippen LogP contribution in [-0.4, -0.2) is 69.9 Å². The second-order valence-electron chi connectivity index (χ2n) is 7.50. The lowest BCUT2D eigenvalue weighted by Crippen LogP contribution is -2.50. The van der Waals surface area contributed by atoms with Gasteiger partial charge in [0.1, 0.15) is 6.54 Å². The summed E-state index contributed by atoms with van der Waals surface area (Å²) in [6.45, 7) is 3.04. The fourth-order valence-electron chi connectivity index (χ4n) is 3.47. The van der Waals surface area contributed by atoms with Gasteiger partial charge in [0.2, 0.25) is 21.8 Å². The summed E-state index contributed by atoms with van der Waals surface area (Å²) in [7, 11) is -3.55. The maximum absolute atomic E-state index is 12.7. The Morgan fingerprint density at radius 1 is 1.00 bits per heavy atom. The third-order valence-electron chi connectivity index (χ3n) is 5.30. The van der Waals surface area contributed by atoms with Crippen molar-refractivity contribution >= 4 is 22.0 Å². The molecule has 4 rings (SSSR count). The summed E-state index contributed by atoms with van der Waals surface area (Å²) in [6.07, 6.45) is 1.58. The number of piperazine rings is 1. The average molecular weight is 453 g/mol. The monoisotopic (exact) mass is 452 g/mol. The molecule has 0 spiro atoms. The Labute approximate surface area is 187 Å². The fraction of sp³-hybridized carbons (Fsp3) is 0.273. The minimum Gasteiger partial charge on any atom is -0.338 e. The number of aromatic nitrogens is 4. The summed E-state index contributed by atoms with van der Waals surface area (Å²) < 4.78 is 26.6. The van der Waals surface area contributed by atoms with E-state index >= 15 is 0 Å². The number of sulfonamides is 1. The van der Waals surface area contributed by atoms with Crippen LogP contribution < -0.4 is 0 Å². The summed E-state index contributed by atoms with van der Waals surface area (Å²) in [5.41, 5.74) is 2.71. The molecule has 1 saturated heterocycles. The molecule has 0 bridgehead atoms.